The first-order chi connectivity index (χ1) is 12.5. The fourth-order valence-electron chi connectivity index (χ4n) is 3.07. The Balaban J connectivity index is 1.43. The van der Waals surface area contributed by atoms with Gasteiger partial charge in [-0.2, -0.15) is 0 Å². The summed E-state index contributed by atoms with van der Waals surface area (Å²) in [5.41, 5.74) is 3.07. The fraction of sp³-hybridized carbons (Fsp3) is 0.400. The van der Waals surface area contributed by atoms with Gasteiger partial charge >= 0.3 is 0 Å². The molecule has 0 aliphatic carbocycles. The lowest BCUT2D eigenvalue weighted by Gasteiger charge is -2.34. The van der Waals surface area contributed by atoms with Crippen LogP contribution >= 0.6 is 0 Å². The van der Waals surface area contributed by atoms with Gasteiger partial charge in [0.15, 0.2) is 5.76 Å². The van der Waals surface area contributed by atoms with Gasteiger partial charge in [0.1, 0.15) is 0 Å². The van der Waals surface area contributed by atoms with Crippen molar-refractivity contribution >= 4 is 17.5 Å². The minimum atomic E-state index is -0.0673. The average Bonchev–Trinajstić information content (AvgIpc) is 3.17. The van der Waals surface area contributed by atoms with E-state index in [4.69, 9.17) is 4.42 Å². The van der Waals surface area contributed by atoms with E-state index < -0.39 is 0 Å². The van der Waals surface area contributed by atoms with E-state index in [-0.39, 0.29) is 11.8 Å². The van der Waals surface area contributed by atoms with Gasteiger partial charge in [-0.1, -0.05) is 12.1 Å². The Bertz CT molecular complexity index is 763. The first-order valence-electron chi connectivity index (χ1n) is 8.95. The molecule has 1 aliphatic heterocycles. The summed E-state index contributed by atoms with van der Waals surface area (Å²) in [6, 6.07) is 9.45. The number of nitrogens with one attached hydrogen (secondary N) is 1. The van der Waals surface area contributed by atoms with Crippen LogP contribution in [0.3, 0.4) is 0 Å². The van der Waals surface area contributed by atoms with Gasteiger partial charge in [0.25, 0.3) is 5.91 Å². The van der Waals surface area contributed by atoms with Crippen LogP contribution in [0, 0.1) is 13.8 Å². The maximum atomic E-state index is 12.2. The number of rotatable bonds is 5. The second-order valence-corrected chi connectivity index (χ2v) is 6.73. The van der Waals surface area contributed by atoms with Crippen LogP contribution in [0.4, 0.5) is 5.69 Å². The fourth-order valence-corrected chi connectivity index (χ4v) is 3.07. The summed E-state index contributed by atoms with van der Waals surface area (Å²) in [4.78, 5) is 28.5. The monoisotopic (exact) mass is 355 g/mol. The minimum absolute atomic E-state index is 0.0211. The van der Waals surface area contributed by atoms with E-state index >= 15 is 0 Å². The molecule has 1 saturated heterocycles. The molecule has 26 heavy (non-hydrogen) atoms. The summed E-state index contributed by atoms with van der Waals surface area (Å²) in [5.74, 6) is 0.335. The topological polar surface area (TPSA) is 65.8 Å². The van der Waals surface area contributed by atoms with Crippen LogP contribution in [0.25, 0.3) is 0 Å². The number of piperazine rings is 1. The van der Waals surface area contributed by atoms with Gasteiger partial charge in [-0.05, 0) is 43.2 Å². The van der Waals surface area contributed by atoms with E-state index in [1.165, 1.54) is 6.26 Å². The van der Waals surface area contributed by atoms with Crippen LogP contribution in [0.5, 0.6) is 0 Å². The largest absolute Gasteiger partial charge is 0.459 e. The van der Waals surface area contributed by atoms with Crippen molar-refractivity contribution in [2.24, 2.45) is 0 Å². The standard InChI is InChI=1S/C20H25N3O3/c1-15-5-6-16(2)17(14-15)21-19(24)7-8-22-9-11-23(12-10-22)20(25)18-4-3-13-26-18/h3-6,13-14H,7-12H2,1-2H3,(H,21,24). The van der Waals surface area contributed by atoms with Crippen LogP contribution in [0.2, 0.25) is 0 Å². The molecule has 3 rings (SSSR count). The van der Waals surface area contributed by atoms with Gasteiger partial charge < -0.3 is 14.6 Å². The van der Waals surface area contributed by atoms with Crippen LogP contribution in [0.1, 0.15) is 28.1 Å². The summed E-state index contributed by atoms with van der Waals surface area (Å²) in [5, 5.41) is 2.99. The zero-order chi connectivity index (χ0) is 18.5. The number of amides is 2. The van der Waals surface area contributed by atoms with Gasteiger partial charge in [0.2, 0.25) is 5.91 Å². The molecule has 1 fully saturated rings. The highest BCUT2D eigenvalue weighted by Crippen LogP contribution is 2.16. The number of hydrogen-bond acceptors (Lipinski definition) is 4. The highest BCUT2D eigenvalue weighted by Gasteiger charge is 2.23. The normalized spacial score (nSPS) is 15.1. The number of carbonyl (C=O) groups is 2. The summed E-state index contributed by atoms with van der Waals surface area (Å²) in [6.07, 6.45) is 1.96. The lowest BCUT2D eigenvalue weighted by Crippen LogP contribution is -2.49. The van der Waals surface area contributed by atoms with Crippen LogP contribution in [0.15, 0.2) is 41.0 Å². The van der Waals surface area contributed by atoms with E-state index in [1.54, 1.807) is 17.0 Å². The van der Waals surface area contributed by atoms with Crippen molar-refractivity contribution in [3.8, 4) is 0 Å². The van der Waals surface area contributed by atoms with E-state index in [0.717, 1.165) is 29.9 Å². The molecule has 0 atom stereocenters. The van der Waals surface area contributed by atoms with E-state index in [1.807, 2.05) is 32.0 Å². The number of hydrogen-bond donors (Lipinski definition) is 1. The molecule has 1 aromatic heterocycles. The van der Waals surface area contributed by atoms with Gasteiger partial charge in [-0.3, -0.25) is 14.5 Å². The molecule has 6 nitrogen and oxygen atoms in total. The lowest BCUT2D eigenvalue weighted by molar-refractivity contribution is -0.116. The predicted molar refractivity (Wildman–Crippen MR) is 100 cm³/mol. The first-order valence-corrected chi connectivity index (χ1v) is 8.95. The number of nitrogens with zero attached hydrogens (tertiary/aromatic N) is 2. The Morgan fingerprint density at radius 1 is 1.12 bits per heavy atom. The molecule has 138 valence electrons. The second-order valence-electron chi connectivity index (χ2n) is 6.73. The molecule has 0 spiro atoms. The van der Waals surface area contributed by atoms with Crippen molar-refractivity contribution in [2.75, 3.05) is 38.0 Å². The lowest BCUT2D eigenvalue weighted by atomic mass is 10.1. The summed E-state index contributed by atoms with van der Waals surface area (Å²) < 4.78 is 5.17. The SMILES string of the molecule is Cc1ccc(C)c(NC(=O)CCN2CCN(C(=O)c3ccco3)CC2)c1. The zero-order valence-corrected chi connectivity index (χ0v) is 15.3. The Kier molecular flexibility index (Phi) is 5.73. The third-order valence-electron chi connectivity index (χ3n) is 4.71. The Hall–Kier alpha value is -2.60. The molecule has 6 heteroatoms. The van der Waals surface area contributed by atoms with Crippen molar-refractivity contribution < 1.29 is 14.0 Å². The molecular weight excluding hydrogens is 330 g/mol. The molecular formula is C20H25N3O3. The number of benzene rings is 1. The van der Waals surface area contributed by atoms with Crippen LogP contribution in [-0.4, -0.2) is 54.3 Å². The molecule has 0 bridgehead atoms. The van der Waals surface area contributed by atoms with Crippen LogP contribution < -0.4 is 5.32 Å². The molecule has 2 amide bonds. The van der Waals surface area contributed by atoms with E-state index in [9.17, 15) is 9.59 Å². The Morgan fingerprint density at radius 2 is 1.88 bits per heavy atom. The second kappa shape index (κ2) is 8.19. The Morgan fingerprint density at radius 3 is 2.58 bits per heavy atom. The molecule has 2 aromatic rings. The third-order valence-corrected chi connectivity index (χ3v) is 4.71. The molecule has 2 heterocycles. The van der Waals surface area contributed by atoms with E-state index in [2.05, 4.69) is 10.2 Å². The summed E-state index contributed by atoms with van der Waals surface area (Å²) >= 11 is 0. The maximum Gasteiger partial charge on any atom is 0.289 e. The smallest absolute Gasteiger partial charge is 0.289 e. The highest BCUT2D eigenvalue weighted by atomic mass is 16.3. The minimum Gasteiger partial charge on any atom is -0.459 e. The van der Waals surface area contributed by atoms with Crippen LogP contribution in [-0.2, 0) is 4.79 Å². The van der Waals surface area contributed by atoms with Gasteiger partial charge in [0, 0.05) is 44.8 Å². The van der Waals surface area contributed by atoms with Gasteiger partial charge in [0.05, 0.1) is 6.26 Å². The van der Waals surface area contributed by atoms with Crippen molar-refractivity contribution in [3.63, 3.8) is 0 Å². The molecule has 0 radical (unpaired) electrons. The number of aryl methyl sites for hydroxylation is 2. The van der Waals surface area contributed by atoms with Crippen molar-refractivity contribution in [2.45, 2.75) is 20.3 Å². The van der Waals surface area contributed by atoms with E-state index in [0.29, 0.717) is 31.8 Å². The number of furan rings is 1. The average molecular weight is 355 g/mol. The van der Waals surface area contributed by atoms with Gasteiger partial charge in [-0.25, -0.2) is 0 Å². The predicted octanol–water partition coefficient (Wildman–Crippen LogP) is 2.68. The Labute approximate surface area is 153 Å². The van der Waals surface area contributed by atoms with Crippen molar-refractivity contribution in [3.05, 3.63) is 53.5 Å². The summed E-state index contributed by atoms with van der Waals surface area (Å²) in [6.45, 7) is 7.53. The van der Waals surface area contributed by atoms with Crippen molar-refractivity contribution in [1.82, 2.24) is 9.80 Å². The highest BCUT2D eigenvalue weighted by molar-refractivity contribution is 5.92. The quantitative estimate of drug-likeness (QED) is 0.896. The van der Waals surface area contributed by atoms with Gasteiger partial charge in [-0.15, -0.1) is 0 Å². The summed E-state index contributed by atoms with van der Waals surface area (Å²) in [7, 11) is 0. The first kappa shape index (κ1) is 18.2. The van der Waals surface area contributed by atoms with Crippen molar-refractivity contribution in [1.29, 1.82) is 0 Å². The molecule has 0 saturated carbocycles. The molecule has 1 N–H and O–H groups in total. The number of anilines is 1. The zero-order valence-electron chi connectivity index (χ0n) is 15.3. The maximum absolute atomic E-state index is 12.2. The third kappa shape index (κ3) is 4.52. The number of carbonyl (C=O) groups excluding carboxylic acids is 2. The molecule has 1 aromatic carbocycles. The molecule has 0 unspecified atom stereocenters. The molecule has 1 aliphatic rings.